The molecule has 0 fully saturated rings. The van der Waals surface area contributed by atoms with Gasteiger partial charge >= 0.3 is 0 Å². The number of nitrogens with one attached hydrogen (secondary N) is 2. The summed E-state index contributed by atoms with van der Waals surface area (Å²) in [7, 11) is -3.83. The molecule has 0 saturated carbocycles. The molecule has 144 valence electrons. The molecule has 0 spiro atoms. The van der Waals surface area contributed by atoms with Crippen molar-refractivity contribution < 1.29 is 17.7 Å². The lowest BCUT2D eigenvalue weighted by molar-refractivity contribution is -0.118. The van der Waals surface area contributed by atoms with Crippen molar-refractivity contribution in [2.24, 2.45) is 5.92 Å². The molecule has 1 amide bonds. The number of fused-ring (bicyclic) bond motifs is 1. The fourth-order valence-corrected chi connectivity index (χ4v) is 4.85. The van der Waals surface area contributed by atoms with Crippen LogP contribution in [0, 0.1) is 5.92 Å². The lowest BCUT2D eigenvalue weighted by Crippen LogP contribution is -2.20. The summed E-state index contributed by atoms with van der Waals surface area (Å²) in [6.07, 6.45) is 1.52. The fraction of sp³-hybridized carbons (Fsp3) is 0.158. The molecule has 0 unspecified atom stereocenters. The number of benzene rings is 2. The summed E-state index contributed by atoms with van der Waals surface area (Å²) < 4.78 is 33.4. The molecular formula is C19H17N3O4S2. The molecule has 0 saturated heterocycles. The smallest absolute Gasteiger partial charge is 0.261 e. The minimum atomic E-state index is -3.83. The molecule has 1 aliphatic rings. The van der Waals surface area contributed by atoms with Crippen molar-refractivity contribution in [3.8, 4) is 11.3 Å². The third kappa shape index (κ3) is 3.76. The van der Waals surface area contributed by atoms with Gasteiger partial charge in [0.15, 0.2) is 5.76 Å². The fourth-order valence-electron chi connectivity index (χ4n) is 2.76. The highest BCUT2D eigenvalue weighted by atomic mass is 32.2. The van der Waals surface area contributed by atoms with Gasteiger partial charge in [0.05, 0.1) is 16.8 Å². The molecule has 9 heteroatoms. The first-order chi connectivity index (χ1) is 13.4. The number of hydrogen-bond donors (Lipinski definition) is 2. The van der Waals surface area contributed by atoms with Gasteiger partial charge in [-0.1, -0.05) is 24.2 Å². The molecule has 0 aliphatic carbocycles. The van der Waals surface area contributed by atoms with Gasteiger partial charge in [-0.05, 0) is 30.3 Å². The van der Waals surface area contributed by atoms with E-state index in [9.17, 15) is 13.2 Å². The van der Waals surface area contributed by atoms with Gasteiger partial charge in [-0.3, -0.25) is 9.52 Å². The van der Waals surface area contributed by atoms with Crippen LogP contribution >= 0.6 is 11.8 Å². The Morgan fingerprint density at radius 3 is 2.86 bits per heavy atom. The second-order valence-corrected chi connectivity index (χ2v) is 9.17. The summed E-state index contributed by atoms with van der Waals surface area (Å²) in [4.78, 5) is 13.0. The first kappa shape index (κ1) is 18.6. The molecule has 2 N–H and O–H groups in total. The van der Waals surface area contributed by atoms with Gasteiger partial charge in [0.2, 0.25) is 5.91 Å². The number of thioether (sulfide) groups is 1. The van der Waals surface area contributed by atoms with E-state index in [0.717, 1.165) is 4.90 Å². The van der Waals surface area contributed by atoms with Crippen LogP contribution in [-0.4, -0.2) is 25.2 Å². The zero-order chi connectivity index (χ0) is 19.7. The number of hydrogen-bond acceptors (Lipinski definition) is 6. The van der Waals surface area contributed by atoms with Crippen LogP contribution in [-0.2, 0) is 14.8 Å². The largest absolute Gasteiger partial charge is 0.356 e. The standard InChI is InChI=1S/C19H17N3O4S2/c1-12-11-27-18-6-5-15(10-16(18)21-19(12)23)28(24,25)22-14-4-2-3-13(9-14)17-7-8-20-26-17/h2-10,12,22H,11H2,1H3,(H,21,23)/t12-/m0/s1. The molecule has 0 bridgehead atoms. The molecule has 1 atom stereocenters. The highest BCUT2D eigenvalue weighted by Gasteiger charge is 2.23. The molecule has 1 aliphatic heterocycles. The monoisotopic (exact) mass is 415 g/mol. The van der Waals surface area contributed by atoms with E-state index in [4.69, 9.17) is 4.52 Å². The second kappa shape index (κ2) is 7.33. The number of carbonyl (C=O) groups is 1. The molecule has 28 heavy (non-hydrogen) atoms. The molecule has 0 radical (unpaired) electrons. The zero-order valence-electron chi connectivity index (χ0n) is 14.9. The summed E-state index contributed by atoms with van der Waals surface area (Å²) in [5.74, 6) is 0.931. The van der Waals surface area contributed by atoms with Crippen molar-refractivity contribution in [3.63, 3.8) is 0 Å². The van der Waals surface area contributed by atoms with Gasteiger partial charge in [-0.2, -0.15) is 0 Å². The third-order valence-electron chi connectivity index (χ3n) is 4.29. The summed E-state index contributed by atoms with van der Waals surface area (Å²) in [6.45, 7) is 1.84. The normalized spacial score (nSPS) is 16.8. The number of amides is 1. The first-order valence-corrected chi connectivity index (χ1v) is 11.0. The Balaban J connectivity index is 1.62. The van der Waals surface area contributed by atoms with E-state index in [0.29, 0.717) is 28.5 Å². The highest BCUT2D eigenvalue weighted by molar-refractivity contribution is 7.99. The van der Waals surface area contributed by atoms with Crippen molar-refractivity contribution in [3.05, 3.63) is 54.7 Å². The Morgan fingerprint density at radius 1 is 1.21 bits per heavy atom. The van der Waals surface area contributed by atoms with E-state index in [1.165, 1.54) is 30.1 Å². The van der Waals surface area contributed by atoms with Gasteiger partial charge in [-0.15, -0.1) is 11.8 Å². The van der Waals surface area contributed by atoms with Gasteiger partial charge < -0.3 is 9.84 Å². The number of aromatic nitrogens is 1. The zero-order valence-corrected chi connectivity index (χ0v) is 16.5. The number of nitrogens with zero attached hydrogens (tertiary/aromatic N) is 1. The van der Waals surface area contributed by atoms with Gasteiger partial charge in [0.1, 0.15) is 0 Å². The van der Waals surface area contributed by atoms with E-state index in [-0.39, 0.29) is 16.7 Å². The maximum Gasteiger partial charge on any atom is 0.261 e. The Kier molecular flexibility index (Phi) is 4.86. The minimum absolute atomic E-state index is 0.0757. The predicted molar refractivity (Wildman–Crippen MR) is 108 cm³/mol. The van der Waals surface area contributed by atoms with Gasteiger partial charge in [0.25, 0.3) is 10.0 Å². The Bertz CT molecular complexity index is 1130. The number of anilines is 2. The average molecular weight is 415 g/mol. The molecule has 4 rings (SSSR count). The second-order valence-electron chi connectivity index (χ2n) is 6.42. The summed E-state index contributed by atoms with van der Waals surface area (Å²) in [6, 6.07) is 13.3. The van der Waals surface area contributed by atoms with E-state index in [1.807, 2.05) is 6.92 Å². The van der Waals surface area contributed by atoms with Crippen LogP contribution in [0.5, 0.6) is 0 Å². The summed E-state index contributed by atoms with van der Waals surface area (Å²) in [5, 5.41) is 6.47. The predicted octanol–water partition coefficient (Wildman–Crippen LogP) is 3.82. The molecule has 2 aromatic carbocycles. The van der Waals surface area contributed by atoms with Crippen LogP contribution in [0.3, 0.4) is 0 Å². The van der Waals surface area contributed by atoms with Crippen molar-refractivity contribution >= 4 is 39.1 Å². The molecule has 2 heterocycles. The minimum Gasteiger partial charge on any atom is -0.356 e. The molecule has 1 aromatic heterocycles. The summed E-state index contributed by atoms with van der Waals surface area (Å²) >= 11 is 1.53. The van der Waals surface area contributed by atoms with Crippen LogP contribution in [0.25, 0.3) is 11.3 Å². The Labute approximate surface area is 166 Å². The average Bonchev–Trinajstić information content (AvgIpc) is 3.16. The van der Waals surface area contributed by atoms with E-state index >= 15 is 0 Å². The van der Waals surface area contributed by atoms with E-state index in [1.54, 1.807) is 36.4 Å². The highest BCUT2D eigenvalue weighted by Crippen LogP contribution is 2.34. The SMILES string of the molecule is C[C@H]1CSc2ccc(S(=O)(=O)Nc3cccc(-c4ccno4)c3)cc2NC1=O. The lowest BCUT2D eigenvalue weighted by atomic mass is 10.1. The van der Waals surface area contributed by atoms with Crippen molar-refractivity contribution in [2.75, 3.05) is 15.8 Å². The third-order valence-corrected chi connectivity index (χ3v) is 7.01. The quantitative estimate of drug-likeness (QED) is 0.672. The van der Waals surface area contributed by atoms with Crippen LogP contribution in [0.4, 0.5) is 11.4 Å². The number of carbonyl (C=O) groups excluding carboxylic acids is 1. The van der Waals surface area contributed by atoms with Crippen molar-refractivity contribution in [1.82, 2.24) is 5.16 Å². The number of rotatable bonds is 4. The Morgan fingerprint density at radius 2 is 2.07 bits per heavy atom. The molecular weight excluding hydrogens is 398 g/mol. The van der Waals surface area contributed by atoms with Crippen molar-refractivity contribution in [2.45, 2.75) is 16.7 Å². The van der Waals surface area contributed by atoms with Gasteiger partial charge in [-0.25, -0.2) is 8.42 Å². The lowest BCUT2D eigenvalue weighted by Gasteiger charge is -2.12. The maximum absolute atomic E-state index is 12.9. The van der Waals surface area contributed by atoms with Crippen molar-refractivity contribution in [1.29, 1.82) is 0 Å². The van der Waals surface area contributed by atoms with Crippen LogP contribution in [0.15, 0.2) is 69.0 Å². The Hall–Kier alpha value is -2.78. The van der Waals surface area contributed by atoms with Crippen LogP contribution < -0.4 is 10.0 Å². The number of sulfonamides is 1. The van der Waals surface area contributed by atoms with E-state index < -0.39 is 10.0 Å². The topological polar surface area (TPSA) is 101 Å². The molecule has 3 aromatic rings. The van der Waals surface area contributed by atoms with Crippen LogP contribution in [0.2, 0.25) is 0 Å². The van der Waals surface area contributed by atoms with Crippen LogP contribution in [0.1, 0.15) is 6.92 Å². The summed E-state index contributed by atoms with van der Waals surface area (Å²) in [5.41, 5.74) is 1.62. The van der Waals surface area contributed by atoms with E-state index in [2.05, 4.69) is 15.2 Å². The van der Waals surface area contributed by atoms with Gasteiger partial charge in [0, 0.05) is 33.9 Å². The first-order valence-electron chi connectivity index (χ1n) is 8.54. The maximum atomic E-state index is 12.9. The molecule has 7 nitrogen and oxygen atoms in total.